The number of nitrogens with zero attached hydrogens (tertiary/aromatic N) is 1. The van der Waals surface area contributed by atoms with Crippen molar-refractivity contribution < 1.29 is 4.79 Å². The molecule has 2 aliphatic heterocycles. The summed E-state index contributed by atoms with van der Waals surface area (Å²) in [6.07, 6.45) is 7.61. The average molecular weight is 193 g/mol. The molecule has 0 N–H and O–H groups in total. The summed E-state index contributed by atoms with van der Waals surface area (Å²) in [6, 6.07) is 0. The van der Waals surface area contributed by atoms with E-state index in [0.717, 1.165) is 19.4 Å². The Balaban J connectivity index is 2.25. The van der Waals surface area contributed by atoms with Gasteiger partial charge in [-0.05, 0) is 32.1 Å². The van der Waals surface area contributed by atoms with Gasteiger partial charge in [-0.3, -0.25) is 4.79 Å². The van der Waals surface area contributed by atoms with Gasteiger partial charge in [0.15, 0.2) is 0 Å². The lowest BCUT2D eigenvalue weighted by Gasteiger charge is -2.42. The smallest absolute Gasteiger partial charge is 0.225 e. The molecule has 0 aromatic rings. The summed E-state index contributed by atoms with van der Waals surface area (Å²) in [5.74, 6) is 0.597. The molecule has 2 atom stereocenters. The van der Waals surface area contributed by atoms with Crippen LogP contribution in [0, 0.1) is 5.92 Å². The lowest BCUT2D eigenvalue weighted by molar-refractivity contribution is -0.134. The van der Waals surface area contributed by atoms with Crippen LogP contribution in [-0.2, 0) is 4.79 Å². The molecule has 0 bridgehead atoms. The Kier molecular flexibility index (Phi) is 2.38. The van der Waals surface area contributed by atoms with E-state index in [1.54, 1.807) is 0 Å². The Labute approximate surface area is 86.0 Å². The van der Waals surface area contributed by atoms with Crippen LogP contribution >= 0.6 is 0 Å². The molecule has 0 aromatic heterocycles. The molecule has 2 aliphatic rings. The van der Waals surface area contributed by atoms with Crippen molar-refractivity contribution in [3.63, 3.8) is 0 Å². The van der Waals surface area contributed by atoms with Gasteiger partial charge in [-0.1, -0.05) is 13.0 Å². The van der Waals surface area contributed by atoms with Gasteiger partial charge in [-0.25, -0.2) is 0 Å². The number of hydrogen-bond acceptors (Lipinski definition) is 1. The molecule has 2 rings (SSSR count). The largest absolute Gasteiger partial charge is 0.336 e. The van der Waals surface area contributed by atoms with Gasteiger partial charge >= 0.3 is 0 Å². The predicted molar refractivity (Wildman–Crippen MR) is 56.9 cm³/mol. The van der Waals surface area contributed by atoms with E-state index in [1.165, 1.54) is 19.3 Å². The molecule has 0 aliphatic carbocycles. The first kappa shape index (κ1) is 9.75. The van der Waals surface area contributed by atoms with Crippen LogP contribution < -0.4 is 0 Å². The fourth-order valence-electron chi connectivity index (χ4n) is 3.14. The van der Waals surface area contributed by atoms with Crippen molar-refractivity contribution in [1.29, 1.82) is 0 Å². The highest BCUT2D eigenvalue weighted by atomic mass is 16.2. The van der Waals surface area contributed by atoms with Crippen molar-refractivity contribution in [1.82, 2.24) is 4.90 Å². The van der Waals surface area contributed by atoms with Gasteiger partial charge in [0.05, 0.1) is 0 Å². The summed E-state index contributed by atoms with van der Waals surface area (Å²) in [5, 5.41) is 0. The Hall–Kier alpha value is -0.790. The second-order valence-corrected chi connectivity index (χ2v) is 4.77. The third-order valence-electron chi connectivity index (χ3n) is 3.74. The monoisotopic (exact) mass is 193 g/mol. The van der Waals surface area contributed by atoms with Crippen molar-refractivity contribution in [2.75, 3.05) is 6.54 Å². The summed E-state index contributed by atoms with van der Waals surface area (Å²) in [5.41, 5.74) is 0.149. The standard InChI is InChI=1S/C12H19NO/c1-3-6-12-7-4-5-8-13(12)11(14)10(2)9-12/h3,10H,1,4-9H2,2H3/t10-,12+/m0/s1. The molecule has 2 heterocycles. The minimum atomic E-state index is 0.149. The third-order valence-corrected chi connectivity index (χ3v) is 3.74. The molecule has 0 saturated carbocycles. The van der Waals surface area contributed by atoms with Crippen LogP contribution in [0.25, 0.3) is 0 Å². The van der Waals surface area contributed by atoms with Crippen LogP contribution in [0.2, 0.25) is 0 Å². The molecule has 2 heteroatoms. The minimum absolute atomic E-state index is 0.149. The van der Waals surface area contributed by atoms with Gasteiger partial charge in [-0.15, -0.1) is 6.58 Å². The summed E-state index contributed by atoms with van der Waals surface area (Å²) in [7, 11) is 0. The number of carbonyl (C=O) groups is 1. The lowest BCUT2D eigenvalue weighted by Crippen LogP contribution is -2.48. The van der Waals surface area contributed by atoms with Gasteiger partial charge in [-0.2, -0.15) is 0 Å². The molecular weight excluding hydrogens is 174 g/mol. The maximum atomic E-state index is 11.9. The molecule has 2 saturated heterocycles. The molecule has 78 valence electrons. The SMILES string of the molecule is C=CC[C@]12CCCCN1C(=O)[C@@H](C)C2. The summed E-state index contributed by atoms with van der Waals surface area (Å²) >= 11 is 0. The zero-order valence-corrected chi connectivity index (χ0v) is 8.96. The lowest BCUT2D eigenvalue weighted by atomic mass is 9.82. The summed E-state index contributed by atoms with van der Waals surface area (Å²) in [4.78, 5) is 14.0. The Morgan fingerprint density at radius 2 is 2.43 bits per heavy atom. The molecule has 0 spiro atoms. The Morgan fingerprint density at radius 1 is 1.64 bits per heavy atom. The van der Waals surface area contributed by atoms with E-state index < -0.39 is 0 Å². The molecule has 0 aromatic carbocycles. The molecular formula is C12H19NO. The number of piperidine rings is 1. The van der Waals surface area contributed by atoms with Gasteiger partial charge in [0.25, 0.3) is 0 Å². The second-order valence-electron chi connectivity index (χ2n) is 4.77. The first-order valence-corrected chi connectivity index (χ1v) is 5.62. The maximum Gasteiger partial charge on any atom is 0.225 e. The van der Waals surface area contributed by atoms with Gasteiger partial charge in [0.1, 0.15) is 0 Å². The van der Waals surface area contributed by atoms with Crippen LogP contribution in [-0.4, -0.2) is 22.9 Å². The van der Waals surface area contributed by atoms with Crippen molar-refractivity contribution in [3.8, 4) is 0 Å². The van der Waals surface area contributed by atoms with Crippen molar-refractivity contribution in [2.45, 2.75) is 44.6 Å². The number of carbonyl (C=O) groups excluding carboxylic acids is 1. The topological polar surface area (TPSA) is 20.3 Å². The fraction of sp³-hybridized carbons (Fsp3) is 0.750. The highest BCUT2D eigenvalue weighted by Gasteiger charge is 2.48. The second kappa shape index (κ2) is 3.41. The number of hydrogen-bond donors (Lipinski definition) is 0. The summed E-state index contributed by atoms with van der Waals surface area (Å²) < 4.78 is 0. The van der Waals surface area contributed by atoms with Crippen LogP contribution in [0.3, 0.4) is 0 Å². The van der Waals surface area contributed by atoms with Gasteiger partial charge < -0.3 is 4.90 Å². The van der Waals surface area contributed by atoms with E-state index in [4.69, 9.17) is 0 Å². The van der Waals surface area contributed by atoms with E-state index >= 15 is 0 Å². The average Bonchev–Trinajstić information content (AvgIpc) is 2.41. The molecule has 0 radical (unpaired) electrons. The van der Waals surface area contributed by atoms with Crippen LogP contribution in [0.5, 0.6) is 0 Å². The van der Waals surface area contributed by atoms with Crippen LogP contribution in [0.1, 0.15) is 39.0 Å². The van der Waals surface area contributed by atoms with E-state index in [0.29, 0.717) is 5.91 Å². The first-order valence-electron chi connectivity index (χ1n) is 5.62. The van der Waals surface area contributed by atoms with Gasteiger partial charge in [0.2, 0.25) is 5.91 Å². The van der Waals surface area contributed by atoms with E-state index in [1.807, 2.05) is 6.08 Å². The third kappa shape index (κ3) is 1.28. The molecule has 0 unspecified atom stereocenters. The zero-order chi connectivity index (χ0) is 10.2. The van der Waals surface area contributed by atoms with E-state index in [-0.39, 0.29) is 11.5 Å². The minimum Gasteiger partial charge on any atom is -0.336 e. The fourth-order valence-corrected chi connectivity index (χ4v) is 3.14. The Morgan fingerprint density at radius 3 is 3.14 bits per heavy atom. The van der Waals surface area contributed by atoms with Gasteiger partial charge in [0, 0.05) is 18.0 Å². The predicted octanol–water partition coefficient (Wildman–Crippen LogP) is 2.35. The molecule has 2 fully saturated rings. The first-order chi connectivity index (χ1) is 6.69. The normalized spacial score (nSPS) is 37.1. The van der Waals surface area contributed by atoms with Crippen molar-refractivity contribution in [3.05, 3.63) is 12.7 Å². The number of rotatable bonds is 2. The Bertz CT molecular complexity index is 261. The maximum absolute atomic E-state index is 11.9. The number of fused-ring (bicyclic) bond motifs is 1. The highest BCUT2D eigenvalue weighted by molar-refractivity contribution is 5.82. The van der Waals surface area contributed by atoms with Crippen molar-refractivity contribution in [2.24, 2.45) is 5.92 Å². The zero-order valence-electron chi connectivity index (χ0n) is 8.96. The highest BCUT2D eigenvalue weighted by Crippen LogP contribution is 2.43. The quantitative estimate of drug-likeness (QED) is 0.616. The van der Waals surface area contributed by atoms with Crippen LogP contribution in [0.15, 0.2) is 12.7 Å². The molecule has 2 nitrogen and oxygen atoms in total. The number of amides is 1. The molecule has 1 amide bonds. The van der Waals surface area contributed by atoms with Crippen molar-refractivity contribution >= 4 is 5.91 Å². The van der Waals surface area contributed by atoms with E-state index in [9.17, 15) is 4.79 Å². The van der Waals surface area contributed by atoms with E-state index in [2.05, 4.69) is 18.4 Å². The van der Waals surface area contributed by atoms with Crippen LogP contribution in [0.4, 0.5) is 0 Å². The summed E-state index contributed by atoms with van der Waals surface area (Å²) in [6.45, 7) is 6.85. The molecule has 14 heavy (non-hydrogen) atoms.